The van der Waals surface area contributed by atoms with Gasteiger partial charge in [-0.25, -0.2) is 4.39 Å². The van der Waals surface area contributed by atoms with Gasteiger partial charge in [0.15, 0.2) is 6.61 Å². The fourth-order valence-electron chi connectivity index (χ4n) is 1.65. The number of nitrogens with two attached hydrogens (primary N) is 1. The van der Waals surface area contributed by atoms with E-state index in [4.69, 9.17) is 15.2 Å². The molecule has 0 bridgehead atoms. The number of methoxy groups -OCH3 is 1. The summed E-state index contributed by atoms with van der Waals surface area (Å²) in [5.41, 5.74) is 6.28. The summed E-state index contributed by atoms with van der Waals surface area (Å²) in [5, 5.41) is 2.70. The van der Waals surface area contributed by atoms with Gasteiger partial charge in [-0.3, -0.25) is 4.79 Å². The van der Waals surface area contributed by atoms with E-state index in [0.717, 1.165) is 6.42 Å². The average molecular weight is 284 g/mol. The Morgan fingerprint density at radius 2 is 2.25 bits per heavy atom. The highest BCUT2D eigenvalue weighted by molar-refractivity contribution is 5.77. The first-order valence-electron chi connectivity index (χ1n) is 6.48. The van der Waals surface area contributed by atoms with E-state index in [1.165, 1.54) is 18.2 Å². The zero-order chi connectivity index (χ0) is 15.0. The van der Waals surface area contributed by atoms with E-state index in [9.17, 15) is 9.18 Å². The molecule has 1 aromatic carbocycles. The van der Waals surface area contributed by atoms with Crippen molar-refractivity contribution in [2.75, 3.05) is 26.9 Å². The van der Waals surface area contributed by atoms with Crippen molar-refractivity contribution in [1.29, 1.82) is 0 Å². The van der Waals surface area contributed by atoms with Crippen LogP contribution in [0.5, 0.6) is 5.75 Å². The maximum atomic E-state index is 13.1. The smallest absolute Gasteiger partial charge is 0.257 e. The largest absolute Gasteiger partial charge is 0.483 e. The number of nitrogens with one attached hydrogen (secondary N) is 1. The molecule has 0 spiro atoms. The van der Waals surface area contributed by atoms with Crippen LogP contribution in [0.2, 0.25) is 0 Å². The summed E-state index contributed by atoms with van der Waals surface area (Å²) >= 11 is 0. The Morgan fingerprint density at radius 3 is 2.90 bits per heavy atom. The molecule has 0 radical (unpaired) electrons. The van der Waals surface area contributed by atoms with Gasteiger partial charge >= 0.3 is 0 Å². The number of halogens is 1. The van der Waals surface area contributed by atoms with Crippen LogP contribution in [0, 0.1) is 5.82 Å². The predicted octanol–water partition coefficient (Wildman–Crippen LogP) is 1.38. The molecule has 20 heavy (non-hydrogen) atoms. The van der Waals surface area contributed by atoms with Gasteiger partial charge in [0.2, 0.25) is 0 Å². The van der Waals surface area contributed by atoms with E-state index in [-0.39, 0.29) is 24.4 Å². The van der Waals surface area contributed by atoms with Gasteiger partial charge in [-0.15, -0.1) is 0 Å². The molecule has 1 rings (SSSR count). The van der Waals surface area contributed by atoms with Gasteiger partial charge in [0, 0.05) is 31.9 Å². The van der Waals surface area contributed by atoms with Crippen LogP contribution < -0.4 is 15.8 Å². The molecule has 112 valence electrons. The van der Waals surface area contributed by atoms with E-state index in [1.54, 1.807) is 14.0 Å². The van der Waals surface area contributed by atoms with Crippen molar-refractivity contribution in [1.82, 2.24) is 5.32 Å². The standard InChI is InChI=1S/C14H21FN2O3/c1-10(16)12-8-11(15)4-5-13(12)20-9-14(18)17-6-3-7-19-2/h4-5,8,10H,3,6-7,9,16H2,1-2H3,(H,17,18). The van der Waals surface area contributed by atoms with Crippen molar-refractivity contribution >= 4 is 5.91 Å². The second-order valence-electron chi connectivity index (χ2n) is 4.46. The van der Waals surface area contributed by atoms with Crippen molar-refractivity contribution in [3.63, 3.8) is 0 Å². The van der Waals surface area contributed by atoms with Crippen LogP contribution >= 0.6 is 0 Å². The summed E-state index contributed by atoms with van der Waals surface area (Å²) in [6.07, 6.45) is 0.740. The molecule has 6 heteroatoms. The van der Waals surface area contributed by atoms with Crippen LogP contribution in [0.3, 0.4) is 0 Å². The van der Waals surface area contributed by atoms with Gasteiger partial charge in [0.25, 0.3) is 5.91 Å². The fourth-order valence-corrected chi connectivity index (χ4v) is 1.65. The molecule has 1 unspecified atom stereocenters. The highest BCUT2D eigenvalue weighted by atomic mass is 19.1. The van der Waals surface area contributed by atoms with E-state index >= 15 is 0 Å². The van der Waals surface area contributed by atoms with Gasteiger partial charge in [-0.05, 0) is 31.5 Å². The first-order chi connectivity index (χ1) is 9.54. The normalized spacial score (nSPS) is 12.0. The van der Waals surface area contributed by atoms with Crippen LogP contribution in [0.1, 0.15) is 24.9 Å². The number of carbonyl (C=O) groups is 1. The third-order valence-corrected chi connectivity index (χ3v) is 2.67. The molecule has 0 heterocycles. The Hall–Kier alpha value is -1.66. The molecule has 0 aliphatic heterocycles. The highest BCUT2D eigenvalue weighted by Gasteiger charge is 2.11. The van der Waals surface area contributed by atoms with Gasteiger partial charge in [0.05, 0.1) is 0 Å². The Labute approximate surface area is 118 Å². The Morgan fingerprint density at radius 1 is 1.50 bits per heavy atom. The molecule has 1 atom stereocenters. The minimum atomic E-state index is -0.381. The third kappa shape index (κ3) is 5.54. The monoisotopic (exact) mass is 284 g/mol. The summed E-state index contributed by atoms with van der Waals surface area (Å²) < 4.78 is 23.4. The second-order valence-corrected chi connectivity index (χ2v) is 4.46. The van der Waals surface area contributed by atoms with Crippen LogP contribution in [-0.4, -0.2) is 32.8 Å². The van der Waals surface area contributed by atoms with Crippen LogP contribution in [0.15, 0.2) is 18.2 Å². The minimum Gasteiger partial charge on any atom is -0.483 e. The zero-order valence-electron chi connectivity index (χ0n) is 11.8. The lowest BCUT2D eigenvalue weighted by Gasteiger charge is -2.14. The molecular weight excluding hydrogens is 263 g/mol. The summed E-state index contributed by atoms with van der Waals surface area (Å²) in [4.78, 5) is 11.5. The minimum absolute atomic E-state index is 0.127. The third-order valence-electron chi connectivity index (χ3n) is 2.67. The Balaban J connectivity index is 2.47. The second kappa shape index (κ2) is 8.50. The van der Waals surface area contributed by atoms with E-state index in [2.05, 4.69) is 5.32 Å². The van der Waals surface area contributed by atoms with Crippen LogP contribution in [-0.2, 0) is 9.53 Å². The van der Waals surface area contributed by atoms with Gasteiger partial charge in [0.1, 0.15) is 11.6 Å². The lowest BCUT2D eigenvalue weighted by atomic mass is 10.1. The lowest BCUT2D eigenvalue weighted by Crippen LogP contribution is -2.30. The molecule has 5 nitrogen and oxygen atoms in total. The average Bonchev–Trinajstić information content (AvgIpc) is 2.42. The number of hydrogen-bond acceptors (Lipinski definition) is 4. The molecule has 1 amide bonds. The quantitative estimate of drug-likeness (QED) is 0.707. The molecule has 0 saturated heterocycles. The molecular formula is C14H21FN2O3. The molecule has 0 aliphatic rings. The number of hydrogen-bond donors (Lipinski definition) is 2. The Bertz CT molecular complexity index is 438. The number of rotatable bonds is 8. The van der Waals surface area contributed by atoms with Gasteiger partial charge < -0.3 is 20.5 Å². The van der Waals surface area contributed by atoms with Crippen molar-refractivity contribution < 1.29 is 18.7 Å². The molecule has 3 N–H and O–H groups in total. The zero-order valence-corrected chi connectivity index (χ0v) is 11.8. The number of ether oxygens (including phenoxy) is 2. The Kier molecular flexibility index (Phi) is 6.97. The summed E-state index contributed by atoms with van der Waals surface area (Å²) in [6, 6.07) is 3.70. The van der Waals surface area contributed by atoms with Gasteiger partial charge in [-0.1, -0.05) is 0 Å². The molecule has 0 saturated carbocycles. The SMILES string of the molecule is COCCCNC(=O)COc1ccc(F)cc1C(C)N. The first-order valence-corrected chi connectivity index (χ1v) is 6.48. The molecule has 1 aromatic rings. The van der Waals surface area contributed by atoms with Crippen molar-refractivity contribution in [2.24, 2.45) is 5.73 Å². The summed E-state index contributed by atoms with van der Waals surface area (Å²) in [6.45, 7) is 2.72. The molecule has 0 aliphatic carbocycles. The predicted molar refractivity (Wildman–Crippen MR) is 74.0 cm³/mol. The summed E-state index contributed by atoms with van der Waals surface area (Å²) in [7, 11) is 1.61. The fraction of sp³-hybridized carbons (Fsp3) is 0.500. The molecule has 0 aromatic heterocycles. The molecule has 0 fully saturated rings. The van der Waals surface area contributed by atoms with Crippen LogP contribution in [0.25, 0.3) is 0 Å². The van der Waals surface area contributed by atoms with Crippen LogP contribution in [0.4, 0.5) is 4.39 Å². The van der Waals surface area contributed by atoms with E-state index in [0.29, 0.717) is 24.5 Å². The topological polar surface area (TPSA) is 73.6 Å². The van der Waals surface area contributed by atoms with Gasteiger partial charge in [-0.2, -0.15) is 0 Å². The maximum Gasteiger partial charge on any atom is 0.257 e. The van der Waals surface area contributed by atoms with E-state index < -0.39 is 0 Å². The highest BCUT2D eigenvalue weighted by Crippen LogP contribution is 2.24. The van der Waals surface area contributed by atoms with E-state index in [1.807, 2.05) is 0 Å². The number of amides is 1. The maximum absolute atomic E-state index is 13.1. The lowest BCUT2D eigenvalue weighted by molar-refractivity contribution is -0.123. The summed E-state index contributed by atoms with van der Waals surface area (Å²) in [5.74, 6) is -0.192. The van der Waals surface area contributed by atoms with Crippen molar-refractivity contribution in [2.45, 2.75) is 19.4 Å². The first kappa shape index (κ1) is 16.4. The number of benzene rings is 1. The van der Waals surface area contributed by atoms with Crippen molar-refractivity contribution in [3.05, 3.63) is 29.6 Å². The number of carbonyl (C=O) groups excluding carboxylic acids is 1. The van der Waals surface area contributed by atoms with Crippen molar-refractivity contribution in [3.8, 4) is 5.75 Å².